The van der Waals surface area contributed by atoms with Crippen LogP contribution in [0.5, 0.6) is 0 Å². The van der Waals surface area contributed by atoms with Crippen molar-refractivity contribution in [2.24, 2.45) is 11.4 Å². The third-order valence-corrected chi connectivity index (χ3v) is 6.73. The summed E-state index contributed by atoms with van der Waals surface area (Å²) in [6, 6.07) is 3.69. The molecule has 1 aromatic carbocycles. The van der Waals surface area contributed by atoms with Gasteiger partial charge in [-0.2, -0.15) is 45.6 Å². The predicted molar refractivity (Wildman–Crippen MR) is 126 cm³/mol. The van der Waals surface area contributed by atoms with Crippen LogP contribution in [0.1, 0.15) is 22.8 Å². The number of aryl methyl sites for hydroxylation is 1. The van der Waals surface area contributed by atoms with Gasteiger partial charge in [-0.1, -0.05) is 12.1 Å². The van der Waals surface area contributed by atoms with Crippen LogP contribution in [0.3, 0.4) is 0 Å². The quantitative estimate of drug-likeness (QED) is 0.448. The van der Waals surface area contributed by atoms with E-state index in [1.807, 2.05) is 0 Å². The van der Waals surface area contributed by atoms with Crippen molar-refractivity contribution in [3.63, 3.8) is 0 Å². The molecule has 2 atom stereocenters. The molecule has 0 aliphatic rings. The second-order valence-corrected chi connectivity index (χ2v) is 10.9. The molecule has 0 bridgehead atoms. The van der Waals surface area contributed by atoms with E-state index in [0.29, 0.717) is 0 Å². The lowest BCUT2D eigenvalue weighted by atomic mass is 10.1. The Hall–Kier alpha value is -4.02. The Morgan fingerprint density at radius 2 is 1.74 bits per heavy atom. The number of alkyl halides is 6. The number of aromatic nitrogens is 4. The van der Waals surface area contributed by atoms with Gasteiger partial charge in [0.05, 0.1) is 39.1 Å². The van der Waals surface area contributed by atoms with E-state index in [1.54, 1.807) is 7.05 Å². The zero-order valence-electron chi connectivity index (χ0n) is 20.4. The first-order valence-electron chi connectivity index (χ1n) is 10.8. The molecule has 0 saturated carbocycles. The summed E-state index contributed by atoms with van der Waals surface area (Å²) >= 11 is 0. The number of nitrogens with zero attached hydrogens (tertiary/aromatic N) is 5. The van der Waals surface area contributed by atoms with Gasteiger partial charge in [0.2, 0.25) is 0 Å². The Balaban J connectivity index is 2.00. The number of halogens is 6. The van der Waals surface area contributed by atoms with Crippen molar-refractivity contribution in [2.75, 3.05) is 12.0 Å². The number of hydrogen-bond donors (Lipinski definition) is 1. The maximum Gasteiger partial charge on any atom is 0.474 e. The number of carbonyl (C=O) groups excluding carboxylic acids is 2. The van der Waals surface area contributed by atoms with Crippen LogP contribution in [0.2, 0.25) is 0 Å². The Kier molecular flexibility index (Phi) is 8.05. The van der Waals surface area contributed by atoms with Gasteiger partial charge in [0.25, 0.3) is 11.5 Å². The zero-order valence-corrected chi connectivity index (χ0v) is 21.2. The molecule has 3 rings (SSSR count). The average Bonchev–Trinajstić information content (AvgIpc) is 3.23. The van der Waals surface area contributed by atoms with E-state index in [2.05, 4.69) is 19.9 Å². The van der Waals surface area contributed by atoms with Crippen molar-refractivity contribution in [1.82, 2.24) is 24.9 Å². The van der Waals surface area contributed by atoms with Crippen molar-refractivity contribution in [2.45, 2.75) is 25.3 Å². The lowest BCUT2D eigenvalue weighted by molar-refractivity contribution is -0.169. The van der Waals surface area contributed by atoms with Gasteiger partial charge in [-0.25, -0.2) is 4.21 Å². The lowest BCUT2D eigenvalue weighted by Crippen LogP contribution is -2.41. The first-order valence-corrected chi connectivity index (χ1v) is 12.9. The van der Waals surface area contributed by atoms with Gasteiger partial charge in [0, 0.05) is 24.9 Å². The molecule has 2 amide bonds. The Bertz CT molecular complexity index is 1580. The smallest absolute Gasteiger partial charge is 0.348 e. The Morgan fingerprint density at radius 3 is 2.26 bits per heavy atom. The van der Waals surface area contributed by atoms with Crippen LogP contribution in [-0.4, -0.2) is 59.8 Å². The van der Waals surface area contributed by atoms with Gasteiger partial charge in [0.15, 0.2) is 0 Å². The van der Waals surface area contributed by atoms with Crippen molar-refractivity contribution < 1.29 is 40.1 Å². The van der Waals surface area contributed by atoms with Crippen molar-refractivity contribution in [3.8, 4) is 16.9 Å². The number of hydrogen-bond acceptors (Lipinski definition) is 6. The molecule has 0 fully saturated rings. The highest BCUT2D eigenvalue weighted by Crippen LogP contribution is 2.30. The van der Waals surface area contributed by atoms with E-state index < -0.39 is 62.4 Å². The monoisotopic (exact) mass is 578 g/mol. The molecular formula is C22H20F6N6O4S. The van der Waals surface area contributed by atoms with Crippen molar-refractivity contribution >= 4 is 21.5 Å². The van der Waals surface area contributed by atoms with Gasteiger partial charge in [-0.15, -0.1) is 0 Å². The summed E-state index contributed by atoms with van der Waals surface area (Å²) in [7, 11) is -2.18. The average molecular weight is 578 g/mol. The highest BCUT2D eigenvalue weighted by Gasteiger charge is 2.39. The van der Waals surface area contributed by atoms with Crippen LogP contribution in [0.25, 0.3) is 16.9 Å². The molecule has 2 aromatic heterocycles. The maximum atomic E-state index is 13.1. The van der Waals surface area contributed by atoms with Crippen molar-refractivity contribution in [3.05, 3.63) is 64.2 Å². The summed E-state index contributed by atoms with van der Waals surface area (Å²) in [5.41, 5.74) is -2.21. The van der Waals surface area contributed by atoms with Crippen LogP contribution >= 0.6 is 0 Å². The molecule has 210 valence electrons. The Labute approximate surface area is 216 Å². The normalized spacial score (nSPS) is 14.4. The molecule has 1 N–H and O–H groups in total. The molecule has 1 unspecified atom stereocenters. The summed E-state index contributed by atoms with van der Waals surface area (Å²) in [6.45, 7) is 1.27. The number of nitrogens with one attached hydrogen (secondary N) is 1. The summed E-state index contributed by atoms with van der Waals surface area (Å²) in [4.78, 5) is 37.2. The molecule has 17 heteroatoms. The minimum Gasteiger partial charge on any atom is -0.348 e. The molecule has 0 aliphatic heterocycles. The molecular weight excluding hydrogens is 558 g/mol. The third-order valence-electron chi connectivity index (χ3n) is 5.06. The summed E-state index contributed by atoms with van der Waals surface area (Å²) in [6.07, 6.45) is -6.48. The van der Waals surface area contributed by atoms with Crippen LogP contribution in [0.15, 0.2) is 51.9 Å². The molecule has 0 aliphatic carbocycles. The predicted octanol–water partition coefficient (Wildman–Crippen LogP) is 2.96. The zero-order chi connectivity index (χ0) is 29.3. The van der Waals surface area contributed by atoms with E-state index in [4.69, 9.17) is 0 Å². The first-order chi connectivity index (χ1) is 17.9. The van der Waals surface area contributed by atoms with Crippen LogP contribution < -0.4 is 10.9 Å². The maximum absolute atomic E-state index is 13.1. The minimum atomic E-state index is -5.33. The van der Waals surface area contributed by atoms with E-state index in [-0.39, 0.29) is 16.9 Å². The van der Waals surface area contributed by atoms with E-state index in [1.165, 1.54) is 24.0 Å². The fraction of sp³-hybridized carbons (Fsp3) is 0.318. The molecule has 2 heterocycles. The number of carbonyl (C=O) groups is 2. The van der Waals surface area contributed by atoms with E-state index >= 15 is 0 Å². The van der Waals surface area contributed by atoms with E-state index in [0.717, 1.165) is 41.3 Å². The molecule has 39 heavy (non-hydrogen) atoms. The summed E-state index contributed by atoms with van der Waals surface area (Å²) < 4.78 is 93.6. The van der Waals surface area contributed by atoms with Crippen LogP contribution in [-0.2, 0) is 27.7 Å². The number of benzene rings is 1. The second-order valence-electron chi connectivity index (χ2n) is 8.50. The molecule has 3 aromatic rings. The highest BCUT2D eigenvalue weighted by atomic mass is 32.2. The minimum absolute atomic E-state index is 0.0601. The fourth-order valence-electron chi connectivity index (χ4n) is 3.39. The first kappa shape index (κ1) is 29.5. The molecule has 0 radical (unpaired) electrons. The second kappa shape index (κ2) is 10.6. The van der Waals surface area contributed by atoms with Gasteiger partial charge < -0.3 is 5.32 Å². The Morgan fingerprint density at radius 1 is 1.13 bits per heavy atom. The topological polar surface area (TPSA) is 128 Å². The van der Waals surface area contributed by atoms with Gasteiger partial charge in [0.1, 0.15) is 11.3 Å². The van der Waals surface area contributed by atoms with Crippen molar-refractivity contribution in [1.29, 1.82) is 0 Å². The summed E-state index contributed by atoms with van der Waals surface area (Å²) in [5.74, 6) is -4.24. The van der Waals surface area contributed by atoms with Crippen LogP contribution in [0, 0.1) is 0 Å². The molecule has 10 nitrogen and oxygen atoms in total. The number of rotatable bonds is 6. The molecule has 0 saturated heterocycles. The molecule has 0 spiro atoms. The standard InChI is InChI=1S/C22H20F6N6O4S/c1-12(11-39(3,38)32-20(37)22(26,27)28)30-18(35)16-8-17(13-4-6-14(7-5-13)21(23,24)25)31-34(19(16)36)15-9-29-33(2)10-15/h4-10,12H,11H2,1-3H3,(H,30,35)/t12-,39?/m0/s1. The fourth-order valence-corrected chi connectivity index (χ4v) is 4.93. The van der Waals surface area contributed by atoms with E-state index in [9.17, 15) is 44.9 Å². The third kappa shape index (κ3) is 7.30. The summed E-state index contributed by atoms with van der Waals surface area (Å²) in [5, 5.41) is 10.4. The van der Waals surface area contributed by atoms with Gasteiger partial charge in [-0.05, 0) is 25.1 Å². The lowest BCUT2D eigenvalue weighted by Gasteiger charge is -2.16. The number of amides is 2. The SMILES string of the molecule is C[C@@H](CS(C)(=O)=NC(=O)C(F)(F)F)NC(=O)c1cc(-c2ccc(C(F)(F)F)cc2)nn(-c2cnn(C)c2)c1=O. The van der Waals surface area contributed by atoms with Gasteiger partial charge in [-0.3, -0.25) is 19.1 Å². The van der Waals surface area contributed by atoms with Crippen LogP contribution in [0.4, 0.5) is 26.3 Å². The van der Waals surface area contributed by atoms with Gasteiger partial charge >= 0.3 is 18.3 Å². The highest BCUT2D eigenvalue weighted by molar-refractivity contribution is 7.93. The largest absolute Gasteiger partial charge is 0.474 e.